The molecule has 0 aromatic heterocycles. The van der Waals surface area contributed by atoms with Gasteiger partial charge in [0.25, 0.3) is 0 Å². The van der Waals surface area contributed by atoms with Crippen molar-refractivity contribution in [2.75, 3.05) is 6.54 Å². The second kappa shape index (κ2) is 4.20. The van der Waals surface area contributed by atoms with Gasteiger partial charge in [0.05, 0.1) is 17.1 Å². The maximum atomic E-state index is 13.9. The molecule has 2 saturated heterocycles. The van der Waals surface area contributed by atoms with E-state index in [0.29, 0.717) is 23.0 Å². The molecule has 3 atom stereocenters. The molecule has 1 amide bonds. The molecule has 2 aliphatic rings. The first kappa shape index (κ1) is 11.9. The third-order valence-electron chi connectivity index (χ3n) is 3.48. The fraction of sp³-hybridized carbons (Fsp3) is 0.417. The van der Waals surface area contributed by atoms with Crippen molar-refractivity contribution < 1.29 is 19.0 Å². The predicted molar refractivity (Wildman–Crippen MR) is 65.0 cm³/mol. The van der Waals surface area contributed by atoms with Crippen molar-refractivity contribution in [3.63, 3.8) is 0 Å². The standard InChI is InChI=1S/C12H11BrFNO3/c13-7-3-1-2-6(10(7)14)4-8-11-9(18-11)5-15(8)12(16)17/h1-3,8-9,11H,4-5H2,(H,16,17). The molecule has 0 spiro atoms. The summed E-state index contributed by atoms with van der Waals surface area (Å²) in [5.74, 6) is -0.327. The molecule has 18 heavy (non-hydrogen) atoms. The summed E-state index contributed by atoms with van der Waals surface area (Å²) in [7, 11) is 0. The monoisotopic (exact) mass is 315 g/mol. The summed E-state index contributed by atoms with van der Waals surface area (Å²) in [6, 6.07) is 4.76. The van der Waals surface area contributed by atoms with E-state index in [1.807, 2.05) is 0 Å². The van der Waals surface area contributed by atoms with Crippen LogP contribution >= 0.6 is 15.9 Å². The Morgan fingerprint density at radius 2 is 2.39 bits per heavy atom. The molecule has 96 valence electrons. The van der Waals surface area contributed by atoms with Crippen LogP contribution in [0.15, 0.2) is 22.7 Å². The van der Waals surface area contributed by atoms with Crippen molar-refractivity contribution in [2.24, 2.45) is 0 Å². The Kier molecular flexibility index (Phi) is 2.79. The first-order valence-corrected chi connectivity index (χ1v) is 6.45. The Morgan fingerprint density at radius 1 is 1.61 bits per heavy atom. The molecule has 0 aliphatic carbocycles. The number of carbonyl (C=O) groups is 1. The average Bonchev–Trinajstić information content (AvgIpc) is 3.01. The van der Waals surface area contributed by atoms with Crippen molar-refractivity contribution >= 4 is 22.0 Å². The number of rotatable bonds is 2. The van der Waals surface area contributed by atoms with Gasteiger partial charge in [-0.05, 0) is 34.0 Å². The Hall–Kier alpha value is -1.14. The number of morpholine rings is 1. The molecular weight excluding hydrogens is 305 g/mol. The first-order valence-electron chi connectivity index (χ1n) is 5.66. The van der Waals surface area contributed by atoms with Crippen LogP contribution in [0.5, 0.6) is 0 Å². The highest BCUT2D eigenvalue weighted by atomic mass is 79.9. The third-order valence-corrected chi connectivity index (χ3v) is 4.10. The van der Waals surface area contributed by atoms with E-state index in [0.717, 1.165) is 0 Å². The largest absolute Gasteiger partial charge is 0.465 e. The van der Waals surface area contributed by atoms with Crippen molar-refractivity contribution in [3.8, 4) is 0 Å². The zero-order chi connectivity index (χ0) is 12.9. The normalized spacial score (nSPS) is 29.2. The minimum absolute atomic E-state index is 0.00122. The molecule has 0 bridgehead atoms. The van der Waals surface area contributed by atoms with Gasteiger partial charge in [-0.15, -0.1) is 0 Å². The Morgan fingerprint density at radius 3 is 3.11 bits per heavy atom. The smallest absolute Gasteiger partial charge is 0.407 e. The molecule has 1 aromatic carbocycles. The summed E-state index contributed by atoms with van der Waals surface area (Å²) in [4.78, 5) is 12.4. The number of likely N-dealkylation sites (tertiary alicyclic amines) is 1. The number of epoxide rings is 1. The molecule has 3 unspecified atom stereocenters. The molecule has 2 fully saturated rings. The highest BCUT2D eigenvalue weighted by Crippen LogP contribution is 2.38. The van der Waals surface area contributed by atoms with Crippen LogP contribution in [0.3, 0.4) is 0 Å². The van der Waals surface area contributed by atoms with Crippen LogP contribution in [0, 0.1) is 5.82 Å². The molecule has 2 heterocycles. The van der Waals surface area contributed by atoms with Gasteiger partial charge >= 0.3 is 6.09 Å². The Labute approximate surface area is 111 Å². The maximum Gasteiger partial charge on any atom is 0.407 e. The van der Waals surface area contributed by atoms with Gasteiger partial charge in [0.1, 0.15) is 18.0 Å². The van der Waals surface area contributed by atoms with E-state index in [1.165, 1.54) is 4.90 Å². The summed E-state index contributed by atoms with van der Waals surface area (Å²) in [5, 5.41) is 9.09. The molecule has 1 N–H and O–H groups in total. The molecule has 3 rings (SSSR count). The zero-order valence-electron chi connectivity index (χ0n) is 9.35. The van der Waals surface area contributed by atoms with E-state index in [9.17, 15) is 9.18 Å². The van der Waals surface area contributed by atoms with Gasteiger partial charge < -0.3 is 9.84 Å². The number of hydrogen-bond donors (Lipinski definition) is 1. The van der Waals surface area contributed by atoms with E-state index in [2.05, 4.69) is 15.9 Å². The van der Waals surface area contributed by atoms with E-state index >= 15 is 0 Å². The highest BCUT2D eigenvalue weighted by molar-refractivity contribution is 9.10. The fourth-order valence-electron chi connectivity index (χ4n) is 2.53. The van der Waals surface area contributed by atoms with E-state index in [1.54, 1.807) is 18.2 Å². The molecule has 4 nitrogen and oxygen atoms in total. The van der Waals surface area contributed by atoms with Crippen molar-refractivity contribution in [2.45, 2.75) is 24.7 Å². The van der Waals surface area contributed by atoms with E-state index in [-0.39, 0.29) is 24.1 Å². The van der Waals surface area contributed by atoms with Crippen LogP contribution < -0.4 is 0 Å². The van der Waals surface area contributed by atoms with Crippen molar-refractivity contribution in [1.82, 2.24) is 4.90 Å². The second-order valence-corrected chi connectivity index (χ2v) is 5.41. The van der Waals surface area contributed by atoms with Gasteiger partial charge in [0, 0.05) is 0 Å². The predicted octanol–water partition coefficient (Wildman–Crippen LogP) is 2.26. The summed E-state index contributed by atoms with van der Waals surface area (Å²) in [6.45, 7) is 0.389. The van der Waals surface area contributed by atoms with Gasteiger partial charge in [-0.3, -0.25) is 4.90 Å². The maximum absolute atomic E-state index is 13.9. The number of ether oxygens (including phenoxy) is 1. The molecule has 1 aromatic rings. The molecule has 2 aliphatic heterocycles. The van der Waals surface area contributed by atoms with Crippen molar-refractivity contribution in [3.05, 3.63) is 34.1 Å². The summed E-state index contributed by atoms with van der Waals surface area (Å²) in [5.41, 5.74) is 0.511. The average molecular weight is 316 g/mol. The number of carboxylic acid groups (broad SMARTS) is 1. The Balaban J connectivity index is 1.83. The van der Waals surface area contributed by atoms with Gasteiger partial charge in [-0.25, -0.2) is 9.18 Å². The van der Waals surface area contributed by atoms with Crippen LogP contribution in [0.25, 0.3) is 0 Å². The van der Waals surface area contributed by atoms with Crippen LogP contribution in [0.2, 0.25) is 0 Å². The minimum Gasteiger partial charge on any atom is -0.465 e. The summed E-state index contributed by atoms with van der Waals surface area (Å²) in [6.07, 6.45) is -0.689. The van der Waals surface area contributed by atoms with E-state index < -0.39 is 6.09 Å². The lowest BCUT2D eigenvalue weighted by molar-refractivity contribution is 0.106. The number of hydrogen-bond acceptors (Lipinski definition) is 2. The van der Waals surface area contributed by atoms with Gasteiger partial charge in [0.2, 0.25) is 0 Å². The van der Waals surface area contributed by atoms with Gasteiger partial charge in [-0.2, -0.15) is 0 Å². The van der Waals surface area contributed by atoms with Crippen LogP contribution in [-0.4, -0.2) is 40.9 Å². The summed E-state index contributed by atoms with van der Waals surface area (Å²) >= 11 is 3.13. The Bertz CT molecular complexity index is 510. The number of nitrogens with zero attached hydrogens (tertiary/aromatic N) is 1. The number of benzene rings is 1. The second-order valence-electron chi connectivity index (χ2n) is 4.56. The molecular formula is C12H11BrFNO3. The molecule has 0 radical (unpaired) electrons. The lowest BCUT2D eigenvalue weighted by atomic mass is 10.0. The fourth-order valence-corrected chi connectivity index (χ4v) is 2.93. The number of halogens is 2. The minimum atomic E-state index is -0.966. The molecule has 6 heteroatoms. The van der Waals surface area contributed by atoms with Crippen LogP contribution in [-0.2, 0) is 11.2 Å². The SMILES string of the molecule is O=C(O)N1CC2OC2C1Cc1cccc(Br)c1F. The summed E-state index contributed by atoms with van der Waals surface area (Å²) < 4.78 is 19.6. The topological polar surface area (TPSA) is 53.1 Å². The van der Waals surface area contributed by atoms with Gasteiger partial charge in [0.15, 0.2) is 0 Å². The lowest BCUT2D eigenvalue weighted by Crippen LogP contribution is -2.40. The lowest BCUT2D eigenvalue weighted by Gasteiger charge is -2.24. The first-order chi connectivity index (χ1) is 8.58. The van der Waals surface area contributed by atoms with Gasteiger partial charge in [-0.1, -0.05) is 12.1 Å². The number of fused-ring (bicyclic) bond motifs is 1. The zero-order valence-corrected chi connectivity index (χ0v) is 10.9. The van der Waals surface area contributed by atoms with Crippen molar-refractivity contribution in [1.29, 1.82) is 0 Å². The third kappa shape index (κ3) is 1.89. The highest BCUT2D eigenvalue weighted by Gasteiger charge is 2.56. The van der Waals surface area contributed by atoms with E-state index in [4.69, 9.17) is 9.84 Å². The number of amides is 1. The molecule has 0 saturated carbocycles. The quantitative estimate of drug-likeness (QED) is 0.852. The van der Waals surface area contributed by atoms with Crippen LogP contribution in [0.4, 0.5) is 9.18 Å². The van der Waals surface area contributed by atoms with Crippen LogP contribution in [0.1, 0.15) is 5.56 Å².